The van der Waals surface area contributed by atoms with Gasteiger partial charge in [-0.25, -0.2) is 14.8 Å². The van der Waals surface area contributed by atoms with Gasteiger partial charge >= 0.3 is 6.16 Å². The van der Waals surface area contributed by atoms with Crippen LogP contribution in [-0.4, -0.2) is 81.7 Å². The van der Waals surface area contributed by atoms with Gasteiger partial charge in [0.1, 0.15) is 17.7 Å². The van der Waals surface area contributed by atoms with Crippen molar-refractivity contribution in [3.05, 3.63) is 90.4 Å². The number of nitrogens with zero attached hydrogens (tertiary/aromatic N) is 6. The molecule has 12 heteroatoms. The lowest BCUT2D eigenvalue weighted by Crippen LogP contribution is -2.60. The van der Waals surface area contributed by atoms with Crippen LogP contribution in [0.4, 0.5) is 10.6 Å². The number of ether oxygens (including phenoxy) is 1. The molecule has 0 N–H and O–H groups in total. The van der Waals surface area contributed by atoms with Gasteiger partial charge in [0, 0.05) is 38.9 Å². The highest BCUT2D eigenvalue weighted by molar-refractivity contribution is 7.86. The van der Waals surface area contributed by atoms with Crippen molar-refractivity contribution in [2.75, 3.05) is 37.6 Å². The molecule has 4 aromatic rings. The van der Waals surface area contributed by atoms with Crippen LogP contribution < -0.4 is 9.74 Å². The molecule has 2 aromatic carbocycles. The zero-order valence-corrected chi connectivity index (χ0v) is 27.5. The number of aromatic nitrogens is 3. The summed E-state index contributed by atoms with van der Waals surface area (Å²) in [5, 5.41) is 0.712. The van der Waals surface area contributed by atoms with Gasteiger partial charge in [0.25, 0.3) is 10.2 Å². The van der Waals surface area contributed by atoms with Crippen molar-refractivity contribution < 1.29 is 22.8 Å². The molecule has 1 saturated heterocycles. The van der Waals surface area contributed by atoms with Gasteiger partial charge in [-0.15, -0.1) is 0 Å². The SMILES string of the molecule is CC(C)(C)OC(=O)On1ccc2c(N3CCN(S(=O)(=O)N(CCCc4ccccc4)CCc4ccccc4)C4(CC4)C3)ncnc21. The summed E-state index contributed by atoms with van der Waals surface area (Å²) in [5.74, 6) is 0.684. The minimum absolute atomic E-state index is 0.351. The summed E-state index contributed by atoms with van der Waals surface area (Å²) in [6.45, 7) is 7.53. The van der Waals surface area contributed by atoms with E-state index in [-0.39, 0.29) is 0 Å². The first-order chi connectivity index (χ1) is 22.0. The first-order valence-electron chi connectivity index (χ1n) is 15.9. The predicted molar refractivity (Wildman–Crippen MR) is 177 cm³/mol. The van der Waals surface area contributed by atoms with E-state index >= 15 is 0 Å². The number of carbonyl (C=O) groups excluding carboxylic acids is 1. The Morgan fingerprint density at radius 2 is 1.59 bits per heavy atom. The van der Waals surface area contributed by atoms with Gasteiger partial charge in [-0.3, -0.25) is 4.84 Å². The third-order valence-corrected chi connectivity index (χ3v) is 10.7. The Hall–Kier alpha value is -4.00. The van der Waals surface area contributed by atoms with E-state index in [2.05, 4.69) is 27.0 Å². The Labute approximate surface area is 270 Å². The summed E-state index contributed by atoms with van der Waals surface area (Å²) >= 11 is 0. The zero-order valence-electron chi connectivity index (χ0n) is 26.7. The van der Waals surface area contributed by atoms with Gasteiger partial charge in [-0.2, -0.15) is 21.8 Å². The van der Waals surface area contributed by atoms with Gasteiger partial charge in [0.05, 0.1) is 10.9 Å². The molecule has 6 rings (SSSR count). The maximum atomic E-state index is 14.4. The molecule has 0 amide bonds. The average Bonchev–Trinajstić information content (AvgIpc) is 3.66. The predicted octanol–water partition coefficient (Wildman–Crippen LogP) is 4.87. The second-order valence-corrected chi connectivity index (χ2v) is 14.9. The monoisotopic (exact) mass is 646 g/mol. The van der Waals surface area contributed by atoms with E-state index in [1.54, 1.807) is 41.6 Å². The highest BCUT2D eigenvalue weighted by Crippen LogP contribution is 2.47. The Kier molecular flexibility index (Phi) is 9.04. The Morgan fingerprint density at radius 1 is 0.913 bits per heavy atom. The molecule has 3 heterocycles. The van der Waals surface area contributed by atoms with Gasteiger partial charge in [-0.05, 0) is 70.1 Å². The molecule has 0 atom stereocenters. The lowest BCUT2D eigenvalue weighted by Gasteiger charge is -2.43. The molecular weight excluding hydrogens is 604 g/mol. The van der Waals surface area contributed by atoms with Crippen LogP contribution in [0.15, 0.2) is 79.3 Å². The maximum absolute atomic E-state index is 14.4. The fourth-order valence-electron chi connectivity index (χ4n) is 6.13. The van der Waals surface area contributed by atoms with Crippen LogP contribution in [0.3, 0.4) is 0 Å². The number of hydrogen-bond acceptors (Lipinski definition) is 8. The van der Waals surface area contributed by atoms with Crippen molar-refractivity contribution in [1.82, 2.24) is 23.3 Å². The standard InChI is InChI=1S/C34H42N6O5S/c1-33(2,3)44-32(41)45-39-22-17-29-30(35-26-36-31(29)39)37-23-24-40(34(25-37)18-19-34)46(42,43)38(21-16-28-13-8-5-9-14-28)20-10-15-27-11-6-4-7-12-27/h4-9,11-14,17,22,26H,10,15-16,18-21,23-25H2,1-3H3. The molecule has 1 spiro atoms. The van der Waals surface area contributed by atoms with Gasteiger partial charge < -0.3 is 9.64 Å². The van der Waals surface area contributed by atoms with Crippen molar-refractivity contribution in [3.63, 3.8) is 0 Å². The normalized spacial score (nSPS) is 16.7. The van der Waals surface area contributed by atoms with E-state index in [0.29, 0.717) is 56.0 Å². The molecule has 11 nitrogen and oxygen atoms in total. The molecule has 244 valence electrons. The van der Waals surface area contributed by atoms with Crippen molar-refractivity contribution in [3.8, 4) is 0 Å². The molecule has 2 aromatic heterocycles. The van der Waals surface area contributed by atoms with Crippen molar-refractivity contribution >= 4 is 33.2 Å². The quantitative estimate of drug-likeness (QED) is 0.212. The highest BCUT2D eigenvalue weighted by Gasteiger charge is 2.57. The minimum Gasteiger partial charge on any atom is -0.427 e. The fraction of sp³-hybridized carbons (Fsp3) is 0.441. The number of aryl methyl sites for hydroxylation is 1. The highest BCUT2D eigenvalue weighted by atomic mass is 32.2. The van der Waals surface area contributed by atoms with Gasteiger partial charge in [-0.1, -0.05) is 60.7 Å². The molecule has 46 heavy (non-hydrogen) atoms. The van der Waals surface area contributed by atoms with E-state index in [1.165, 1.54) is 16.6 Å². The average molecular weight is 647 g/mol. The first kappa shape index (κ1) is 32.0. The topological polar surface area (TPSA) is 110 Å². The van der Waals surface area contributed by atoms with Crippen molar-refractivity contribution in [1.29, 1.82) is 0 Å². The largest absolute Gasteiger partial charge is 0.534 e. The summed E-state index contributed by atoms with van der Waals surface area (Å²) in [6.07, 6.45) is 6.01. The Morgan fingerprint density at radius 3 is 2.24 bits per heavy atom. The molecule has 1 saturated carbocycles. The molecule has 1 aliphatic heterocycles. The molecule has 2 aliphatic rings. The molecular formula is C34H42N6O5S. The van der Waals surface area contributed by atoms with E-state index < -0.39 is 27.5 Å². The van der Waals surface area contributed by atoms with Crippen molar-refractivity contribution in [2.24, 2.45) is 0 Å². The second-order valence-electron chi connectivity index (χ2n) is 13.1. The number of hydrogen-bond donors (Lipinski definition) is 0. The van der Waals surface area contributed by atoms with Crippen LogP contribution in [0.1, 0.15) is 51.2 Å². The lowest BCUT2D eigenvalue weighted by atomic mass is 10.1. The minimum atomic E-state index is -3.73. The molecule has 2 fully saturated rings. The zero-order chi connectivity index (χ0) is 32.4. The number of benzene rings is 2. The second kappa shape index (κ2) is 13.0. The smallest absolute Gasteiger partial charge is 0.427 e. The van der Waals surface area contributed by atoms with E-state index in [0.717, 1.165) is 31.2 Å². The van der Waals surface area contributed by atoms with E-state index in [1.807, 2.05) is 48.5 Å². The molecule has 0 unspecified atom stereocenters. The lowest BCUT2D eigenvalue weighted by molar-refractivity contribution is -0.00899. The van der Waals surface area contributed by atoms with Crippen LogP contribution >= 0.6 is 0 Å². The molecule has 1 aliphatic carbocycles. The number of piperazine rings is 1. The summed E-state index contributed by atoms with van der Waals surface area (Å²) < 4.78 is 38.8. The summed E-state index contributed by atoms with van der Waals surface area (Å²) in [7, 11) is -3.73. The maximum Gasteiger partial charge on any atom is 0.534 e. The van der Waals surface area contributed by atoms with Crippen LogP contribution in [-0.2, 0) is 27.8 Å². The summed E-state index contributed by atoms with van der Waals surface area (Å²) in [4.78, 5) is 28.8. The van der Waals surface area contributed by atoms with Crippen LogP contribution in [0.25, 0.3) is 11.0 Å². The van der Waals surface area contributed by atoms with Crippen molar-refractivity contribution in [2.45, 2.75) is 64.0 Å². The number of anilines is 1. The first-order valence-corrected chi connectivity index (χ1v) is 17.3. The number of fused-ring (bicyclic) bond motifs is 1. The molecule has 0 radical (unpaired) electrons. The summed E-state index contributed by atoms with van der Waals surface area (Å²) in [6, 6.07) is 22.1. The fourth-order valence-corrected chi connectivity index (χ4v) is 8.13. The van der Waals surface area contributed by atoms with E-state index in [4.69, 9.17) is 9.57 Å². The third-order valence-electron chi connectivity index (χ3n) is 8.52. The number of rotatable bonds is 11. The number of carbonyl (C=O) groups is 1. The Bertz CT molecular complexity index is 1750. The van der Waals surface area contributed by atoms with Gasteiger partial charge in [0.15, 0.2) is 5.65 Å². The van der Waals surface area contributed by atoms with Crippen LogP contribution in [0.2, 0.25) is 0 Å². The van der Waals surface area contributed by atoms with E-state index in [9.17, 15) is 13.2 Å². The van der Waals surface area contributed by atoms with Gasteiger partial charge in [0.2, 0.25) is 0 Å². The van der Waals surface area contributed by atoms with Crippen LogP contribution in [0.5, 0.6) is 0 Å². The van der Waals surface area contributed by atoms with Crippen LogP contribution in [0, 0.1) is 0 Å². The molecule has 0 bridgehead atoms. The summed E-state index contributed by atoms with van der Waals surface area (Å²) in [5.41, 5.74) is 1.57. The third kappa shape index (κ3) is 7.19. The Balaban J connectivity index is 1.18.